The van der Waals surface area contributed by atoms with E-state index < -0.39 is 0 Å². The molecule has 2 unspecified atom stereocenters. The van der Waals surface area contributed by atoms with E-state index in [9.17, 15) is 0 Å². The van der Waals surface area contributed by atoms with Crippen molar-refractivity contribution >= 4 is 33.4 Å². The van der Waals surface area contributed by atoms with Gasteiger partial charge in [0.2, 0.25) is 5.71 Å². The molecule has 0 amide bonds. The van der Waals surface area contributed by atoms with E-state index in [1.165, 1.54) is 16.9 Å². The number of para-hydroxylation sites is 1. The van der Waals surface area contributed by atoms with Crippen LogP contribution in [0.4, 0.5) is 11.4 Å². The Morgan fingerprint density at radius 3 is 2.30 bits per heavy atom. The molecule has 2 aromatic heterocycles. The molecule has 0 saturated carbocycles. The van der Waals surface area contributed by atoms with Crippen LogP contribution in [0.3, 0.4) is 0 Å². The molecular formula is C29H35N3O. The highest BCUT2D eigenvalue weighted by atomic mass is 16.3. The number of hydrogen-bond donors (Lipinski definition) is 0. The van der Waals surface area contributed by atoms with E-state index in [0.29, 0.717) is 23.7 Å². The van der Waals surface area contributed by atoms with Gasteiger partial charge >= 0.3 is 0 Å². The maximum absolute atomic E-state index is 6.45. The second-order valence-corrected chi connectivity index (χ2v) is 10.9. The van der Waals surface area contributed by atoms with Crippen molar-refractivity contribution in [1.29, 1.82) is 0 Å². The van der Waals surface area contributed by atoms with Crippen LogP contribution in [0.15, 0.2) is 65.2 Å². The fraction of sp³-hybridized carbons (Fsp3) is 0.414. The van der Waals surface area contributed by atoms with Gasteiger partial charge in [0.15, 0.2) is 5.58 Å². The van der Waals surface area contributed by atoms with Crippen LogP contribution in [0.5, 0.6) is 0 Å². The Morgan fingerprint density at radius 2 is 1.64 bits per heavy atom. The van der Waals surface area contributed by atoms with Crippen LogP contribution in [-0.4, -0.2) is 23.2 Å². The summed E-state index contributed by atoms with van der Waals surface area (Å²) < 4.78 is 6.45. The van der Waals surface area contributed by atoms with Crippen molar-refractivity contribution in [1.82, 2.24) is 4.98 Å². The van der Waals surface area contributed by atoms with E-state index in [1.807, 2.05) is 6.07 Å². The van der Waals surface area contributed by atoms with Gasteiger partial charge in [-0.15, -0.1) is 0 Å². The molecule has 1 fully saturated rings. The lowest BCUT2D eigenvalue weighted by molar-refractivity contribution is 0.312. The van der Waals surface area contributed by atoms with Crippen LogP contribution in [-0.2, 0) is 0 Å². The van der Waals surface area contributed by atoms with Crippen LogP contribution in [0.2, 0.25) is 0 Å². The number of furan rings is 1. The maximum atomic E-state index is 6.45. The molecule has 5 rings (SSSR count). The van der Waals surface area contributed by atoms with Crippen molar-refractivity contribution in [3.8, 4) is 0 Å². The molecule has 2 aromatic carbocycles. The predicted molar refractivity (Wildman–Crippen MR) is 139 cm³/mol. The summed E-state index contributed by atoms with van der Waals surface area (Å²) >= 11 is 0. The Labute approximate surface area is 197 Å². The van der Waals surface area contributed by atoms with Gasteiger partial charge in [-0.2, -0.15) is 0 Å². The first-order chi connectivity index (χ1) is 15.7. The third-order valence-corrected chi connectivity index (χ3v) is 7.14. The molecule has 0 aliphatic carbocycles. The zero-order valence-corrected chi connectivity index (χ0v) is 20.8. The number of nitrogens with zero attached hydrogens (tertiary/aromatic N) is 3. The molecule has 172 valence electrons. The number of anilines is 2. The molecule has 1 aliphatic heterocycles. The highest BCUT2D eigenvalue weighted by molar-refractivity contribution is 6.08. The van der Waals surface area contributed by atoms with E-state index in [-0.39, 0.29) is 11.6 Å². The number of hydrogen-bond acceptors (Lipinski definition) is 4. The smallest absolute Gasteiger partial charge is 0.227 e. The Morgan fingerprint density at radius 1 is 0.909 bits per heavy atom. The van der Waals surface area contributed by atoms with Crippen molar-refractivity contribution in [3.63, 3.8) is 0 Å². The van der Waals surface area contributed by atoms with Crippen LogP contribution in [0.1, 0.15) is 47.1 Å². The zero-order chi connectivity index (χ0) is 23.5. The van der Waals surface area contributed by atoms with Gasteiger partial charge < -0.3 is 14.2 Å². The van der Waals surface area contributed by atoms with Gasteiger partial charge in [0, 0.05) is 34.1 Å². The minimum Gasteiger partial charge on any atom is -0.436 e. The number of rotatable bonds is 3. The number of fused-ring (bicyclic) bond motifs is 3. The molecule has 0 N–H and O–H groups in total. The Kier molecular flexibility index (Phi) is 5.15. The summed E-state index contributed by atoms with van der Waals surface area (Å²) in [6, 6.07) is 20.1. The average molecular weight is 442 g/mol. The summed E-state index contributed by atoms with van der Waals surface area (Å²) in [4.78, 5) is 9.81. The van der Waals surface area contributed by atoms with Crippen LogP contribution >= 0.6 is 0 Å². The lowest BCUT2D eigenvalue weighted by atomic mass is 9.89. The maximum Gasteiger partial charge on any atom is 0.227 e. The van der Waals surface area contributed by atoms with Crippen molar-refractivity contribution in [2.24, 2.45) is 11.3 Å². The van der Waals surface area contributed by atoms with Crippen molar-refractivity contribution in [2.45, 2.75) is 66.7 Å². The van der Waals surface area contributed by atoms with E-state index in [1.54, 1.807) is 6.20 Å². The third kappa shape index (κ3) is 3.38. The largest absolute Gasteiger partial charge is 0.436 e. The van der Waals surface area contributed by atoms with Gasteiger partial charge in [-0.1, -0.05) is 65.0 Å². The number of aryl methyl sites for hydroxylation is 1. The summed E-state index contributed by atoms with van der Waals surface area (Å²) in [7, 11) is 0. The SMILES string of the molecule is Cc1ccc2c(oc3ncccc32)c1N1C(C(C)(C)C)N(c2ccccc2)C(C(C)C)[C@@H]1C. The predicted octanol–water partition coefficient (Wildman–Crippen LogP) is 7.40. The second-order valence-electron chi connectivity index (χ2n) is 10.9. The minimum absolute atomic E-state index is 0.00656. The van der Waals surface area contributed by atoms with Crippen LogP contribution in [0, 0.1) is 18.3 Å². The van der Waals surface area contributed by atoms with Gasteiger partial charge in [-0.3, -0.25) is 0 Å². The number of pyridine rings is 1. The molecule has 0 radical (unpaired) electrons. The summed E-state index contributed by atoms with van der Waals surface area (Å²) in [5, 5.41) is 2.21. The molecule has 33 heavy (non-hydrogen) atoms. The highest BCUT2D eigenvalue weighted by Crippen LogP contribution is 2.48. The molecular weight excluding hydrogens is 406 g/mol. The Balaban J connectivity index is 1.80. The summed E-state index contributed by atoms with van der Waals surface area (Å²) in [6.07, 6.45) is 1.98. The average Bonchev–Trinajstić information content (AvgIpc) is 3.29. The summed E-state index contributed by atoms with van der Waals surface area (Å²) in [6.45, 7) is 16.3. The highest BCUT2D eigenvalue weighted by Gasteiger charge is 2.51. The number of aromatic nitrogens is 1. The molecule has 4 aromatic rings. The van der Waals surface area contributed by atoms with Gasteiger partial charge in [0.25, 0.3) is 0 Å². The lowest BCUT2D eigenvalue weighted by Crippen LogP contribution is -2.50. The molecule has 3 heterocycles. The molecule has 1 saturated heterocycles. The van der Waals surface area contributed by atoms with Crippen molar-refractivity contribution in [3.05, 3.63) is 66.4 Å². The monoisotopic (exact) mass is 441 g/mol. The number of benzene rings is 2. The molecule has 0 spiro atoms. The van der Waals surface area contributed by atoms with Crippen LogP contribution < -0.4 is 9.80 Å². The van der Waals surface area contributed by atoms with E-state index in [2.05, 4.69) is 112 Å². The first kappa shape index (κ1) is 21.8. The van der Waals surface area contributed by atoms with Gasteiger partial charge in [0.05, 0.1) is 11.7 Å². The normalized spacial score (nSPS) is 21.6. The zero-order valence-electron chi connectivity index (χ0n) is 20.8. The Bertz CT molecular complexity index is 1280. The standard InChI is InChI=1S/C29H35N3O/c1-18(2)24-20(4)31(28(29(5,6)7)32(24)21-12-9-8-10-13-21)25-19(3)15-16-22-23-14-11-17-30-27(23)33-26(22)25/h8-18,20,24,28H,1-7H3/t20-,24?,28?/m0/s1. The van der Waals surface area contributed by atoms with Gasteiger partial charge in [0.1, 0.15) is 6.17 Å². The fourth-order valence-corrected chi connectivity index (χ4v) is 5.95. The molecule has 1 aliphatic rings. The Hall–Kier alpha value is -3.01. The molecule has 3 atom stereocenters. The third-order valence-electron chi connectivity index (χ3n) is 7.14. The van der Waals surface area contributed by atoms with Gasteiger partial charge in [-0.25, -0.2) is 4.98 Å². The minimum atomic E-state index is 0.00656. The summed E-state index contributed by atoms with van der Waals surface area (Å²) in [5.41, 5.74) is 5.37. The topological polar surface area (TPSA) is 32.5 Å². The first-order valence-electron chi connectivity index (χ1n) is 12.1. The second kappa shape index (κ2) is 7.79. The van der Waals surface area contributed by atoms with E-state index in [0.717, 1.165) is 16.4 Å². The fourth-order valence-electron chi connectivity index (χ4n) is 5.95. The van der Waals surface area contributed by atoms with Gasteiger partial charge in [-0.05, 0) is 49.6 Å². The molecule has 0 bridgehead atoms. The molecule has 4 nitrogen and oxygen atoms in total. The lowest BCUT2D eigenvalue weighted by Gasteiger charge is -2.43. The van der Waals surface area contributed by atoms with Crippen molar-refractivity contribution in [2.75, 3.05) is 9.80 Å². The van der Waals surface area contributed by atoms with E-state index >= 15 is 0 Å². The first-order valence-corrected chi connectivity index (χ1v) is 12.1. The quantitative estimate of drug-likeness (QED) is 0.331. The van der Waals surface area contributed by atoms with E-state index in [4.69, 9.17) is 4.42 Å². The van der Waals surface area contributed by atoms with Crippen LogP contribution in [0.25, 0.3) is 22.1 Å². The van der Waals surface area contributed by atoms with Crippen molar-refractivity contribution < 1.29 is 4.42 Å². The summed E-state index contributed by atoms with van der Waals surface area (Å²) in [5.74, 6) is 0.493. The molecule has 4 heteroatoms.